The summed E-state index contributed by atoms with van der Waals surface area (Å²) in [6.07, 6.45) is 11.0. The van der Waals surface area contributed by atoms with Gasteiger partial charge in [0.2, 0.25) is 0 Å². The van der Waals surface area contributed by atoms with E-state index < -0.39 is 0 Å². The lowest BCUT2D eigenvalue weighted by atomic mass is 10.0. The van der Waals surface area contributed by atoms with Crippen molar-refractivity contribution in [2.45, 2.75) is 31.7 Å². The van der Waals surface area contributed by atoms with Crippen molar-refractivity contribution in [2.24, 2.45) is 4.99 Å². The van der Waals surface area contributed by atoms with Crippen molar-refractivity contribution in [2.75, 3.05) is 27.3 Å². The highest BCUT2D eigenvalue weighted by Gasteiger charge is 2.19. The first-order valence-corrected chi connectivity index (χ1v) is 9.99. The molecule has 0 spiro atoms. The van der Waals surface area contributed by atoms with Crippen LogP contribution in [0.5, 0.6) is 11.5 Å². The summed E-state index contributed by atoms with van der Waals surface area (Å²) in [6, 6.07) is 5.75. The smallest absolute Gasteiger partial charge is 0.253 e. The van der Waals surface area contributed by atoms with Gasteiger partial charge in [0.25, 0.3) is 5.91 Å². The van der Waals surface area contributed by atoms with Crippen LogP contribution in [-0.2, 0) is 0 Å². The molecule has 30 heavy (non-hydrogen) atoms. The summed E-state index contributed by atoms with van der Waals surface area (Å²) in [5.41, 5.74) is 2.26. The number of rotatable bonds is 7. The van der Waals surface area contributed by atoms with Gasteiger partial charge in [-0.1, -0.05) is 12.0 Å². The van der Waals surface area contributed by atoms with Gasteiger partial charge >= 0.3 is 0 Å². The molecule has 1 aliphatic rings. The lowest BCUT2D eigenvalue weighted by molar-refractivity contribution is 0.0929. The Morgan fingerprint density at radius 2 is 2.03 bits per heavy atom. The molecule has 1 fully saturated rings. The number of terminal acetylenes is 1. The van der Waals surface area contributed by atoms with Crippen LogP contribution in [0.1, 0.15) is 40.2 Å². The fourth-order valence-electron chi connectivity index (χ4n) is 3.50. The van der Waals surface area contributed by atoms with Gasteiger partial charge in [0.1, 0.15) is 5.82 Å². The first-order chi connectivity index (χ1) is 14.6. The number of aromatic nitrogens is 1. The van der Waals surface area contributed by atoms with Crippen LogP contribution in [0.25, 0.3) is 0 Å². The number of nitrogens with one attached hydrogen (secondary N) is 3. The van der Waals surface area contributed by atoms with E-state index in [0.717, 1.165) is 37.1 Å². The fourth-order valence-corrected chi connectivity index (χ4v) is 3.50. The molecule has 1 amide bonds. The monoisotopic (exact) mass is 408 g/mol. The molecule has 158 valence electrons. The number of H-pyrrole nitrogens is 1. The van der Waals surface area contributed by atoms with Crippen LogP contribution >= 0.6 is 0 Å². The summed E-state index contributed by atoms with van der Waals surface area (Å²) in [6.45, 7) is 3.73. The Hall–Kier alpha value is -3.24. The predicted octanol–water partition coefficient (Wildman–Crippen LogP) is 2.94. The number of carbonyl (C=O) groups excluding carboxylic acids is 1. The zero-order valence-electron chi connectivity index (χ0n) is 17.6. The second kappa shape index (κ2) is 9.99. The maximum absolute atomic E-state index is 12.6. The van der Waals surface area contributed by atoms with Crippen LogP contribution < -0.4 is 20.1 Å². The van der Waals surface area contributed by atoms with E-state index in [0.29, 0.717) is 22.9 Å². The number of methoxy groups -OCH3 is 2. The zero-order valence-corrected chi connectivity index (χ0v) is 17.6. The molecule has 2 aromatic rings. The van der Waals surface area contributed by atoms with E-state index in [4.69, 9.17) is 15.9 Å². The molecule has 2 heterocycles. The van der Waals surface area contributed by atoms with Crippen LogP contribution in [0.4, 0.5) is 5.82 Å². The molecule has 0 aliphatic carbocycles. The zero-order chi connectivity index (χ0) is 21.5. The van der Waals surface area contributed by atoms with Crippen molar-refractivity contribution >= 4 is 17.9 Å². The molecule has 3 N–H and O–H groups in total. The summed E-state index contributed by atoms with van der Waals surface area (Å²) >= 11 is 0. The van der Waals surface area contributed by atoms with Gasteiger partial charge in [-0.15, -0.1) is 6.42 Å². The van der Waals surface area contributed by atoms with Crippen LogP contribution in [0.15, 0.2) is 29.4 Å². The van der Waals surface area contributed by atoms with E-state index in [2.05, 4.69) is 26.5 Å². The van der Waals surface area contributed by atoms with Crippen molar-refractivity contribution < 1.29 is 14.3 Å². The Balaban J connectivity index is 1.73. The Morgan fingerprint density at radius 3 is 2.70 bits per heavy atom. The van der Waals surface area contributed by atoms with Crippen molar-refractivity contribution in [3.63, 3.8) is 0 Å². The third-order valence-electron chi connectivity index (χ3n) is 5.33. The molecule has 0 saturated carbocycles. The molecule has 0 bridgehead atoms. The maximum atomic E-state index is 12.6. The van der Waals surface area contributed by atoms with Crippen LogP contribution in [-0.4, -0.2) is 50.5 Å². The van der Waals surface area contributed by atoms with Crippen molar-refractivity contribution in [3.8, 4) is 23.8 Å². The van der Waals surface area contributed by atoms with Crippen LogP contribution in [0, 0.1) is 19.3 Å². The number of ether oxygens (including phenoxy) is 2. The van der Waals surface area contributed by atoms with E-state index in [1.165, 1.54) is 0 Å². The Labute approximate surface area is 177 Å². The minimum absolute atomic E-state index is 0.0782. The third kappa shape index (κ3) is 4.84. The summed E-state index contributed by atoms with van der Waals surface area (Å²) in [5, 5.41) is 6.40. The minimum atomic E-state index is -0.348. The molecule has 1 aromatic carbocycles. The second-order valence-corrected chi connectivity index (χ2v) is 7.21. The lowest BCUT2D eigenvalue weighted by Gasteiger charge is -2.23. The van der Waals surface area contributed by atoms with Gasteiger partial charge in [-0.2, -0.15) is 0 Å². The number of hydrogen-bond donors (Lipinski definition) is 3. The molecular weight excluding hydrogens is 380 g/mol. The van der Waals surface area contributed by atoms with Crippen molar-refractivity contribution in [1.29, 1.82) is 0 Å². The number of aromatic amines is 1. The van der Waals surface area contributed by atoms with E-state index in [1.807, 2.05) is 25.1 Å². The van der Waals surface area contributed by atoms with Gasteiger partial charge in [0, 0.05) is 24.0 Å². The van der Waals surface area contributed by atoms with Crippen molar-refractivity contribution in [1.82, 2.24) is 15.6 Å². The Morgan fingerprint density at radius 1 is 1.30 bits per heavy atom. The van der Waals surface area contributed by atoms with E-state index in [9.17, 15) is 4.79 Å². The first-order valence-electron chi connectivity index (χ1n) is 9.99. The van der Waals surface area contributed by atoms with Gasteiger partial charge in [-0.25, -0.2) is 4.99 Å². The molecule has 1 aromatic heterocycles. The number of aliphatic imine (C=N–C) groups is 1. The quantitative estimate of drug-likeness (QED) is 0.486. The van der Waals surface area contributed by atoms with Gasteiger partial charge in [-0.3, -0.25) is 4.79 Å². The van der Waals surface area contributed by atoms with E-state index >= 15 is 0 Å². The average molecular weight is 409 g/mol. The molecular formula is C23H28N4O3. The molecule has 7 nitrogen and oxygen atoms in total. The highest BCUT2D eigenvalue weighted by atomic mass is 16.5. The molecule has 7 heteroatoms. The summed E-state index contributed by atoms with van der Waals surface area (Å²) < 4.78 is 10.6. The number of amides is 1. The predicted molar refractivity (Wildman–Crippen MR) is 118 cm³/mol. The summed E-state index contributed by atoms with van der Waals surface area (Å²) in [5.74, 6) is 4.17. The molecule has 3 rings (SSSR count). The average Bonchev–Trinajstić information content (AvgIpc) is 3.15. The number of carbonyl (C=O) groups is 1. The number of hydrogen-bond acceptors (Lipinski definition) is 5. The van der Waals surface area contributed by atoms with Gasteiger partial charge in [0.05, 0.1) is 25.7 Å². The lowest BCUT2D eigenvalue weighted by Crippen LogP contribution is -2.42. The molecule has 1 unspecified atom stereocenters. The molecule has 0 radical (unpaired) electrons. The van der Waals surface area contributed by atoms with Crippen LogP contribution in [0.3, 0.4) is 0 Å². The summed E-state index contributed by atoms with van der Waals surface area (Å²) in [7, 11) is 3.17. The third-order valence-corrected chi connectivity index (χ3v) is 5.33. The summed E-state index contributed by atoms with van der Waals surface area (Å²) in [4.78, 5) is 20.2. The molecule has 1 atom stereocenters. The normalized spacial score (nSPS) is 15.5. The number of piperidine rings is 1. The molecule has 1 saturated heterocycles. The SMILES string of the molecule is C#CC(/C=N\c1[nH]cc(C(=O)NC2CCNCC2)c1C)c1ccc(OC)c(OC)c1. The Bertz CT molecular complexity index is 952. The number of nitrogens with zero attached hydrogens (tertiary/aromatic N) is 1. The van der Waals surface area contributed by atoms with E-state index in [1.54, 1.807) is 26.6 Å². The topological polar surface area (TPSA) is 87.7 Å². The highest BCUT2D eigenvalue weighted by molar-refractivity contribution is 5.97. The second-order valence-electron chi connectivity index (χ2n) is 7.21. The highest BCUT2D eigenvalue weighted by Crippen LogP contribution is 2.30. The van der Waals surface area contributed by atoms with E-state index in [-0.39, 0.29) is 17.9 Å². The Kier molecular flexibility index (Phi) is 7.15. The van der Waals surface area contributed by atoms with Gasteiger partial charge in [0.15, 0.2) is 11.5 Å². The maximum Gasteiger partial charge on any atom is 0.253 e. The molecule has 1 aliphatic heterocycles. The standard InChI is InChI=1S/C23H28N4O3/c1-5-16(17-6-7-20(29-3)21(12-17)30-4)13-25-22-15(2)19(14-26-22)23(28)27-18-8-10-24-11-9-18/h1,6-7,12-14,16,18,24,26H,8-11H2,2-4H3,(H,27,28)/b25-13-. The van der Waals surface area contributed by atoms with Gasteiger partial charge in [-0.05, 0) is 50.6 Å². The van der Waals surface area contributed by atoms with Gasteiger partial charge < -0.3 is 25.1 Å². The van der Waals surface area contributed by atoms with Crippen LogP contribution in [0.2, 0.25) is 0 Å². The first kappa shape index (κ1) is 21.5. The largest absolute Gasteiger partial charge is 0.493 e. The minimum Gasteiger partial charge on any atom is -0.493 e. The van der Waals surface area contributed by atoms with Crippen molar-refractivity contribution in [3.05, 3.63) is 41.1 Å². The fraction of sp³-hybridized carbons (Fsp3) is 0.391. The number of benzene rings is 1.